The highest BCUT2D eigenvalue weighted by atomic mass is 35.5. The van der Waals surface area contributed by atoms with Gasteiger partial charge < -0.3 is 4.57 Å². The van der Waals surface area contributed by atoms with Crippen LogP contribution in [-0.4, -0.2) is 9.55 Å². The molecule has 1 aromatic heterocycles. The summed E-state index contributed by atoms with van der Waals surface area (Å²) in [6.45, 7) is 5.49. The number of fused-ring (bicyclic) bond motifs is 1. The first kappa shape index (κ1) is 12.0. The number of hydrogen-bond acceptors (Lipinski definition) is 1. The number of halogens is 1. The predicted octanol–water partition coefficient (Wildman–Crippen LogP) is 4.13. The molecule has 3 rings (SSSR count). The summed E-state index contributed by atoms with van der Waals surface area (Å²) in [4.78, 5) is 4.66. The van der Waals surface area contributed by atoms with Crippen LogP contribution >= 0.6 is 11.6 Å². The first-order chi connectivity index (χ1) is 8.69. The van der Waals surface area contributed by atoms with Crippen LogP contribution in [0.3, 0.4) is 0 Å². The molecule has 1 aromatic carbocycles. The standard InChI is InChI=1S/C15H19ClN2/c1-10-3-6-14-13(7-10)17-15(8-16)18(14)9-11(2)12-4-5-12/h3,6-7,11-12H,4-5,8-9H2,1-2H3. The van der Waals surface area contributed by atoms with Crippen LogP contribution in [0.2, 0.25) is 0 Å². The average molecular weight is 263 g/mol. The second kappa shape index (κ2) is 4.58. The Hall–Kier alpha value is -1.02. The van der Waals surface area contributed by atoms with Crippen molar-refractivity contribution in [1.82, 2.24) is 9.55 Å². The topological polar surface area (TPSA) is 17.8 Å². The van der Waals surface area contributed by atoms with Gasteiger partial charge in [0, 0.05) is 6.54 Å². The number of rotatable bonds is 4. The van der Waals surface area contributed by atoms with Gasteiger partial charge in [-0.25, -0.2) is 4.98 Å². The van der Waals surface area contributed by atoms with Gasteiger partial charge in [0.15, 0.2) is 0 Å². The fraction of sp³-hybridized carbons (Fsp3) is 0.533. The highest BCUT2D eigenvalue weighted by Gasteiger charge is 2.28. The fourth-order valence-electron chi connectivity index (χ4n) is 2.70. The summed E-state index contributed by atoms with van der Waals surface area (Å²) in [5.74, 6) is 3.14. The normalized spacial score (nSPS) is 17.3. The van der Waals surface area contributed by atoms with E-state index in [1.165, 1.54) is 23.9 Å². The van der Waals surface area contributed by atoms with Crippen LogP contribution in [0.5, 0.6) is 0 Å². The third-order valence-corrected chi connectivity index (χ3v) is 4.24. The van der Waals surface area contributed by atoms with Crippen LogP contribution in [0.25, 0.3) is 11.0 Å². The van der Waals surface area contributed by atoms with Gasteiger partial charge in [-0.15, -0.1) is 11.6 Å². The number of imidazole rings is 1. The summed E-state index contributed by atoms with van der Waals surface area (Å²) in [7, 11) is 0. The molecule has 2 nitrogen and oxygen atoms in total. The lowest BCUT2D eigenvalue weighted by atomic mass is 10.1. The third-order valence-electron chi connectivity index (χ3n) is 4.00. The molecule has 96 valence electrons. The Balaban J connectivity index is 2.01. The predicted molar refractivity (Wildman–Crippen MR) is 75.9 cm³/mol. The van der Waals surface area contributed by atoms with Crippen molar-refractivity contribution in [2.45, 2.75) is 39.1 Å². The summed E-state index contributed by atoms with van der Waals surface area (Å²) in [5.41, 5.74) is 3.56. The van der Waals surface area contributed by atoms with Crippen molar-refractivity contribution in [3.05, 3.63) is 29.6 Å². The Morgan fingerprint density at radius 2 is 2.22 bits per heavy atom. The number of benzene rings is 1. The van der Waals surface area contributed by atoms with Gasteiger partial charge in [-0.1, -0.05) is 13.0 Å². The molecule has 0 saturated heterocycles. The molecular formula is C15H19ClN2. The molecule has 0 bridgehead atoms. The molecule has 1 aliphatic rings. The Bertz CT molecular complexity index is 569. The summed E-state index contributed by atoms with van der Waals surface area (Å²) in [6.07, 6.45) is 2.78. The highest BCUT2D eigenvalue weighted by molar-refractivity contribution is 6.16. The Kier molecular flexibility index (Phi) is 3.06. The second-order valence-electron chi connectivity index (χ2n) is 5.58. The van der Waals surface area contributed by atoms with Crippen LogP contribution in [-0.2, 0) is 12.4 Å². The van der Waals surface area contributed by atoms with Gasteiger partial charge in [0.1, 0.15) is 5.82 Å². The van der Waals surface area contributed by atoms with Crippen molar-refractivity contribution in [1.29, 1.82) is 0 Å². The molecule has 0 radical (unpaired) electrons. The molecular weight excluding hydrogens is 244 g/mol. The minimum absolute atomic E-state index is 0.491. The molecule has 0 spiro atoms. The van der Waals surface area contributed by atoms with E-state index in [0.29, 0.717) is 5.88 Å². The van der Waals surface area contributed by atoms with Crippen LogP contribution in [0.15, 0.2) is 18.2 Å². The smallest absolute Gasteiger partial charge is 0.124 e. The Morgan fingerprint density at radius 1 is 1.44 bits per heavy atom. The summed E-state index contributed by atoms with van der Waals surface area (Å²) in [6, 6.07) is 6.47. The molecule has 0 aliphatic heterocycles. The summed E-state index contributed by atoms with van der Waals surface area (Å²) >= 11 is 6.04. The number of alkyl halides is 1. The zero-order valence-corrected chi connectivity index (χ0v) is 11.7. The first-order valence-corrected chi connectivity index (χ1v) is 7.24. The largest absolute Gasteiger partial charge is 0.327 e. The molecule has 1 saturated carbocycles. The second-order valence-corrected chi connectivity index (χ2v) is 5.85. The van der Waals surface area contributed by atoms with Crippen molar-refractivity contribution in [2.24, 2.45) is 11.8 Å². The van der Waals surface area contributed by atoms with E-state index >= 15 is 0 Å². The van der Waals surface area contributed by atoms with E-state index in [1.54, 1.807) is 0 Å². The minimum Gasteiger partial charge on any atom is -0.327 e. The van der Waals surface area contributed by atoms with Crippen molar-refractivity contribution < 1.29 is 0 Å². The highest BCUT2D eigenvalue weighted by Crippen LogP contribution is 2.38. The van der Waals surface area contributed by atoms with Gasteiger partial charge in [0.05, 0.1) is 16.9 Å². The molecule has 0 amide bonds. The van der Waals surface area contributed by atoms with E-state index in [-0.39, 0.29) is 0 Å². The summed E-state index contributed by atoms with van der Waals surface area (Å²) < 4.78 is 2.31. The number of aryl methyl sites for hydroxylation is 1. The molecule has 18 heavy (non-hydrogen) atoms. The zero-order chi connectivity index (χ0) is 12.7. The van der Waals surface area contributed by atoms with Crippen LogP contribution in [0, 0.1) is 18.8 Å². The van der Waals surface area contributed by atoms with Gasteiger partial charge in [-0.3, -0.25) is 0 Å². The van der Waals surface area contributed by atoms with E-state index in [2.05, 4.69) is 41.6 Å². The van der Waals surface area contributed by atoms with Crippen molar-refractivity contribution in [2.75, 3.05) is 0 Å². The van der Waals surface area contributed by atoms with Crippen LogP contribution in [0.4, 0.5) is 0 Å². The molecule has 3 heteroatoms. The molecule has 1 unspecified atom stereocenters. The lowest BCUT2D eigenvalue weighted by Crippen LogP contribution is -2.11. The molecule has 1 fully saturated rings. The monoisotopic (exact) mass is 262 g/mol. The maximum atomic E-state index is 6.04. The lowest BCUT2D eigenvalue weighted by molar-refractivity contribution is 0.431. The van der Waals surface area contributed by atoms with Gasteiger partial charge in [-0.2, -0.15) is 0 Å². The molecule has 1 aliphatic carbocycles. The Morgan fingerprint density at radius 3 is 2.89 bits per heavy atom. The quantitative estimate of drug-likeness (QED) is 0.758. The van der Waals surface area contributed by atoms with E-state index < -0.39 is 0 Å². The van der Waals surface area contributed by atoms with Gasteiger partial charge in [-0.05, 0) is 49.3 Å². The lowest BCUT2D eigenvalue weighted by Gasteiger charge is -2.14. The van der Waals surface area contributed by atoms with E-state index in [9.17, 15) is 0 Å². The third kappa shape index (κ3) is 2.14. The molecule has 0 N–H and O–H groups in total. The number of aromatic nitrogens is 2. The molecule has 1 heterocycles. The zero-order valence-electron chi connectivity index (χ0n) is 11.0. The van der Waals surface area contributed by atoms with Gasteiger partial charge in [0.25, 0.3) is 0 Å². The SMILES string of the molecule is Cc1ccc2c(c1)nc(CCl)n2CC(C)C1CC1. The fourth-order valence-corrected chi connectivity index (χ4v) is 2.90. The number of hydrogen-bond donors (Lipinski definition) is 0. The minimum atomic E-state index is 0.491. The average Bonchev–Trinajstić information content (AvgIpc) is 3.14. The van der Waals surface area contributed by atoms with Crippen LogP contribution in [0.1, 0.15) is 31.2 Å². The maximum Gasteiger partial charge on any atom is 0.124 e. The molecule has 2 aromatic rings. The van der Waals surface area contributed by atoms with E-state index in [0.717, 1.165) is 29.7 Å². The van der Waals surface area contributed by atoms with Gasteiger partial charge >= 0.3 is 0 Å². The van der Waals surface area contributed by atoms with Crippen molar-refractivity contribution >= 4 is 22.6 Å². The Labute approximate surface area is 113 Å². The maximum absolute atomic E-state index is 6.04. The van der Waals surface area contributed by atoms with Crippen LogP contribution < -0.4 is 0 Å². The molecule has 1 atom stereocenters. The van der Waals surface area contributed by atoms with E-state index in [1.807, 2.05) is 0 Å². The number of nitrogens with zero attached hydrogens (tertiary/aromatic N) is 2. The first-order valence-electron chi connectivity index (χ1n) is 6.70. The van der Waals surface area contributed by atoms with Crippen molar-refractivity contribution in [3.63, 3.8) is 0 Å². The summed E-state index contributed by atoms with van der Waals surface area (Å²) in [5, 5.41) is 0. The van der Waals surface area contributed by atoms with Crippen molar-refractivity contribution in [3.8, 4) is 0 Å². The van der Waals surface area contributed by atoms with Gasteiger partial charge in [0.2, 0.25) is 0 Å². The van der Waals surface area contributed by atoms with E-state index in [4.69, 9.17) is 11.6 Å².